The van der Waals surface area contributed by atoms with Crippen LogP contribution >= 0.6 is 0 Å². The molecule has 2 heteroatoms. The molecule has 0 saturated heterocycles. The van der Waals surface area contributed by atoms with Crippen molar-refractivity contribution in [2.45, 2.75) is 27.7 Å². The summed E-state index contributed by atoms with van der Waals surface area (Å²) in [4.78, 5) is 0. The first kappa shape index (κ1) is 38.8. The number of benzene rings is 12. The van der Waals surface area contributed by atoms with E-state index < -0.39 is 0 Å². The molecule has 68 heavy (non-hydrogen) atoms. The minimum atomic E-state index is 1.23. The van der Waals surface area contributed by atoms with E-state index in [1.54, 1.807) is 0 Å². The Morgan fingerprint density at radius 2 is 0.485 bits per heavy atom. The quantitative estimate of drug-likeness (QED) is 0.123. The largest absolute Gasteiger partial charge is 0.312 e. The van der Waals surface area contributed by atoms with Crippen molar-refractivity contribution in [1.82, 2.24) is 9.13 Å². The minimum Gasteiger partial charge on any atom is -0.312 e. The van der Waals surface area contributed by atoms with Crippen molar-refractivity contribution >= 4 is 97.2 Å². The number of hydrogen-bond acceptors (Lipinski definition) is 0. The monoisotopic (exact) mass is 866 g/mol. The second-order valence-corrected chi connectivity index (χ2v) is 18.7. The molecular weight excluding hydrogens is 821 g/mol. The van der Waals surface area contributed by atoms with Gasteiger partial charge in [0.2, 0.25) is 0 Å². The predicted molar refractivity (Wildman–Crippen MR) is 292 cm³/mol. The molecule has 0 amide bonds. The summed E-state index contributed by atoms with van der Waals surface area (Å²) in [5, 5.41) is 20.4. The fourth-order valence-corrected chi connectivity index (χ4v) is 12.4. The van der Waals surface area contributed by atoms with E-state index in [0.717, 1.165) is 0 Å². The van der Waals surface area contributed by atoms with Crippen LogP contribution in [0.2, 0.25) is 0 Å². The molecule has 14 aromatic rings. The summed E-state index contributed by atoms with van der Waals surface area (Å²) in [5.41, 5.74) is 15.1. The summed E-state index contributed by atoms with van der Waals surface area (Å²) in [5.74, 6) is 0. The first-order chi connectivity index (χ1) is 33.5. The third-order valence-electron chi connectivity index (χ3n) is 15.5. The van der Waals surface area contributed by atoms with Crippen molar-refractivity contribution in [3.8, 4) is 33.6 Å². The summed E-state index contributed by atoms with van der Waals surface area (Å²) < 4.78 is 5.25. The van der Waals surface area contributed by atoms with Crippen LogP contribution in [0.15, 0.2) is 206 Å². The first-order valence-corrected chi connectivity index (χ1v) is 23.9. The van der Waals surface area contributed by atoms with Crippen molar-refractivity contribution in [1.29, 1.82) is 0 Å². The van der Waals surface area contributed by atoms with Crippen molar-refractivity contribution in [2.24, 2.45) is 0 Å². The van der Waals surface area contributed by atoms with Crippen LogP contribution in [0.5, 0.6) is 0 Å². The number of fused-ring (bicyclic) bond motifs is 15. The van der Waals surface area contributed by atoms with E-state index in [-0.39, 0.29) is 0 Å². The second kappa shape index (κ2) is 14.5. The van der Waals surface area contributed by atoms with Crippen molar-refractivity contribution in [2.75, 3.05) is 0 Å². The van der Waals surface area contributed by atoms with Gasteiger partial charge in [-0.2, -0.15) is 0 Å². The Morgan fingerprint density at radius 1 is 0.235 bits per heavy atom. The fourth-order valence-electron chi connectivity index (χ4n) is 12.4. The normalized spacial score (nSPS) is 12.1. The average molecular weight is 867 g/mol. The third kappa shape index (κ3) is 5.12. The maximum absolute atomic E-state index is 2.63. The van der Waals surface area contributed by atoms with Crippen LogP contribution < -0.4 is 0 Å². The maximum atomic E-state index is 2.63. The molecule has 0 N–H and O–H groups in total. The van der Waals surface area contributed by atoms with Gasteiger partial charge in [0.1, 0.15) is 0 Å². The molecule has 2 heterocycles. The molecule has 0 aliphatic heterocycles. The van der Waals surface area contributed by atoms with Gasteiger partial charge in [0.15, 0.2) is 0 Å². The number of rotatable bonds is 4. The zero-order valence-corrected chi connectivity index (χ0v) is 38.5. The van der Waals surface area contributed by atoms with Gasteiger partial charge in [-0.15, -0.1) is 0 Å². The standard InChI is InChI=1S/C66H46N2/c1-39-41(3)67(63-51-33-17-11-27-45(51)59(43-23-7-5-8-24-43)46-28-12-18-34-52(46)63)65-55-37-21-16-32-50(55)62-58-40(2)42(4)68(66(58)56-38-22-15-31-49(56)61(62)57(39)65)64-53-35-19-13-29-47(53)60(44-25-9-6-10-26-44)48-30-14-20-36-54(48)64/h5-38H,1-4H3. The molecule has 0 radical (unpaired) electrons. The van der Waals surface area contributed by atoms with Gasteiger partial charge >= 0.3 is 0 Å². The Bertz CT molecular complexity index is 4050. The lowest BCUT2D eigenvalue weighted by Crippen LogP contribution is -2.02. The molecule has 0 aliphatic carbocycles. The highest BCUT2D eigenvalue weighted by Gasteiger charge is 2.29. The van der Waals surface area contributed by atoms with Crippen LogP contribution in [-0.4, -0.2) is 9.13 Å². The summed E-state index contributed by atoms with van der Waals surface area (Å²) in [6.07, 6.45) is 0. The third-order valence-corrected chi connectivity index (χ3v) is 15.5. The molecule has 320 valence electrons. The predicted octanol–water partition coefficient (Wildman–Crippen LogP) is 18.2. The molecule has 2 aromatic heterocycles. The lowest BCUT2D eigenvalue weighted by molar-refractivity contribution is 1.06. The Labute approximate surface area is 394 Å². The van der Waals surface area contributed by atoms with Crippen LogP contribution in [0.3, 0.4) is 0 Å². The Morgan fingerprint density at radius 3 is 0.794 bits per heavy atom. The fraction of sp³-hybridized carbons (Fsp3) is 0.0606. The van der Waals surface area contributed by atoms with Gasteiger partial charge in [-0.3, -0.25) is 0 Å². The van der Waals surface area contributed by atoms with Crippen molar-refractivity contribution < 1.29 is 0 Å². The topological polar surface area (TPSA) is 9.86 Å². The molecule has 0 bridgehead atoms. The van der Waals surface area contributed by atoms with E-state index in [2.05, 4.69) is 243 Å². The van der Waals surface area contributed by atoms with Crippen LogP contribution in [0.25, 0.3) is 131 Å². The van der Waals surface area contributed by atoms with Gasteiger partial charge in [0.25, 0.3) is 0 Å². The zero-order valence-electron chi connectivity index (χ0n) is 38.5. The van der Waals surface area contributed by atoms with Crippen LogP contribution in [0.1, 0.15) is 22.5 Å². The van der Waals surface area contributed by atoms with Gasteiger partial charge < -0.3 is 9.13 Å². The molecular formula is C66H46N2. The van der Waals surface area contributed by atoms with Crippen LogP contribution in [0, 0.1) is 27.7 Å². The molecule has 0 saturated carbocycles. The summed E-state index contributed by atoms with van der Waals surface area (Å²) in [6.45, 7) is 9.40. The number of hydrogen-bond donors (Lipinski definition) is 0. The van der Waals surface area contributed by atoms with Gasteiger partial charge in [-0.1, -0.05) is 206 Å². The molecule has 0 atom stereocenters. The molecule has 0 fully saturated rings. The Kier molecular flexibility index (Phi) is 8.28. The highest BCUT2D eigenvalue weighted by molar-refractivity contribution is 6.41. The highest BCUT2D eigenvalue weighted by atomic mass is 15.0. The van der Waals surface area contributed by atoms with E-state index in [1.165, 1.54) is 153 Å². The second-order valence-electron chi connectivity index (χ2n) is 18.7. The number of aryl methyl sites for hydroxylation is 2. The van der Waals surface area contributed by atoms with E-state index in [0.29, 0.717) is 0 Å². The Balaban J connectivity index is 1.18. The molecule has 0 aliphatic rings. The van der Waals surface area contributed by atoms with E-state index in [4.69, 9.17) is 0 Å². The van der Waals surface area contributed by atoms with Gasteiger partial charge in [0.05, 0.1) is 22.4 Å². The number of nitrogens with zero attached hydrogens (tertiary/aromatic N) is 2. The van der Waals surface area contributed by atoms with Crippen LogP contribution in [-0.2, 0) is 0 Å². The van der Waals surface area contributed by atoms with Gasteiger partial charge in [0, 0.05) is 65.3 Å². The highest BCUT2D eigenvalue weighted by Crippen LogP contribution is 2.52. The smallest absolute Gasteiger partial charge is 0.0619 e. The first-order valence-electron chi connectivity index (χ1n) is 23.9. The molecule has 0 spiro atoms. The summed E-state index contributed by atoms with van der Waals surface area (Å²) in [7, 11) is 0. The minimum absolute atomic E-state index is 1.23. The summed E-state index contributed by atoms with van der Waals surface area (Å²) in [6, 6.07) is 76.5. The van der Waals surface area contributed by atoms with E-state index in [1.807, 2.05) is 0 Å². The SMILES string of the molecule is Cc1c(C)n(-c2c3ccccc3c(-c3ccccc3)c3ccccc23)c2c3ccccc3c3c4c(C)c(C)n(-c5c6ccccc6c(-c6ccccc6)c6ccccc56)c4c4ccccc4c3c12. The lowest BCUT2D eigenvalue weighted by Gasteiger charge is -2.21. The molecule has 2 nitrogen and oxygen atoms in total. The zero-order chi connectivity index (χ0) is 45.4. The van der Waals surface area contributed by atoms with Crippen molar-refractivity contribution in [3.63, 3.8) is 0 Å². The Hall–Kier alpha value is -8.46. The van der Waals surface area contributed by atoms with Crippen molar-refractivity contribution in [3.05, 3.63) is 229 Å². The molecule has 0 unspecified atom stereocenters. The maximum Gasteiger partial charge on any atom is 0.0619 e. The van der Waals surface area contributed by atoms with E-state index >= 15 is 0 Å². The molecule has 12 aromatic carbocycles. The van der Waals surface area contributed by atoms with E-state index in [9.17, 15) is 0 Å². The van der Waals surface area contributed by atoms with Crippen LogP contribution in [0.4, 0.5) is 0 Å². The number of aromatic nitrogens is 2. The average Bonchev–Trinajstić information content (AvgIpc) is 3.81. The summed E-state index contributed by atoms with van der Waals surface area (Å²) >= 11 is 0. The van der Waals surface area contributed by atoms with Gasteiger partial charge in [-0.25, -0.2) is 0 Å². The van der Waals surface area contributed by atoms with Gasteiger partial charge in [-0.05, 0) is 93.4 Å². The molecule has 14 rings (SSSR count). The lowest BCUT2D eigenvalue weighted by atomic mass is 9.88.